The Morgan fingerprint density at radius 2 is 1.92 bits per heavy atom. The number of hydrogen-bond acceptors (Lipinski definition) is 5. The van der Waals surface area contributed by atoms with Crippen LogP contribution >= 0.6 is 22.9 Å². The van der Waals surface area contributed by atoms with Gasteiger partial charge in [-0.05, 0) is 24.3 Å². The van der Waals surface area contributed by atoms with Crippen LogP contribution in [0.2, 0.25) is 5.15 Å². The van der Waals surface area contributed by atoms with Crippen molar-refractivity contribution in [1.82, 2.24) is 15.2 Å². The number of nitrogens with zero attached hydrogens (tertiary/aromatic N) is 3. The van der Waals surface area contributed by atoms with Crippen molar-refractivity contribution >= 4 is 39.8 Å². The van der Waals surface area contributed by atoms with Gasteiger partial charge in [0.1, 0.15) is 10.2 Å². The zero-order chi connectivity index (χ0) is 18.7. The van der Waals surface area contributed by atoms with Crippen molar-refractivity contribution in [3.8, 4) is 10.6 Å². The molecule has 2 amide bonds. The topological polar surface area (TPSA) is 79.8 Å². The number of halogens is 4. The monoisotopic (exact) mass is 399 g/mol. The van der Waals surface area contributed by atoms with E-state index in [1.165, 1.54) is 24.4 Å². The van der Waals surface area contributed by atoms with Crippen LogP contribution in [-0.4, -0.2) is 21.2 Å². The number of rotatable bonds is 3. The zero-order valence-electron chi connectivity index (χ0n) is 12.7. The standard InChI is InChI=1S/C15H9ClF3N5OS/c16-11-7-10(4-5-20-11)21-13(25)22-14-24-23-12(26-14)8-2-1-3-9(6-8)15(17,18)19/h1-7H,(H2,20,21,22,24,25). The fraction of sp³-hybridized carbons (Fsp3) is 0.0667. The summed E-state index contributed by atoms with van der Waals surface area (Å²) in [5.74, 6) is 0. The maximum Gasteiger partial charge on any atom is 0.416 e. The summed E-state index contributed by atoms with van der Waals surface area (Å²) in [7, 11) is 0. The zero-order valence-corrected chi connectivity index (χ0v) is 14.3. The number of pyridine rings is 1. The fourth-order valence-corrected chi connectivity index (χ4v) is 2.87. The number of nitrogens with one attached hydrogen (secondary N) is 2. The smallest absolute Gasteiger partial charge is 0.307 e. The number of carbonyl (C=O) groups is 1. The molecular weight excluding hydrogens is 391 g/mol. The Kier molecular flexibility index (Phi) is 5.05. The minimum Gasteiger partial charge on any atom is -0.307 e. The molecule has 134 valence electrons. The molecule has 0 saturated heterocycles. The normalized spacial score (nSPS) is 11.2. The highest BCUT2D eigenvalue weighted by Gasteiger charge is 2.30. The Hall–Kier alpha value is -2.72. The minimum atomic E-state index is -4.45. The van der Waals surface area contributed by atoms with Gasteiger partial charge in [-0.15, -0.1) is 10.2 Å². The van der Waals surface area contributed by atoms with Crippen molar-refractivity contribution in [2.24, 2.45) is 0 Å². The van der Waals surface area contributed by atoms with E-state index in [2.05, 4.69) is 25.8 Å². The van der Waals surface area contributed by atoms with Crippen LogP contribution in [0.25, 0.3) is 10.6 Å². The maximum atomic E-state index is 12.8. The SMILES string of the molecule is O=C(Nc1ccnc(Cl)c1)Nc1nnc(-c2cccc(C(F)(F)F)c2)s1. The number of urea groups is 1. The molecule has 0 aliphatic carbocycles. The number of hydrogen-bond donors (Lipinski definition) is 2. The van der Waals surface area contributed by atoms with Crippen molar-refractivity contribution in [1.29, 1.82) is 0 Å². The molecule has 26 heavy (non-hydrogen) atoms. The van der Waals surface area contributed by atoms with Gasteiger partial charge in [-0.2, -0.15) is 13.2 Å². The van der Waals surface area contributed by atoms with E-state index >= 15 is 0 Å². The molecule has 0 fully saturated rings. The lowest BCUT2D eigenvalue weighted by Crippen LogP contribution is -2.19. The molecular formula is C15H9ClF3N5OS. The Labute approximate surface area is 154 Å². The molecule has 3 rings (SSSR count). The predicted octanol–water partition coefficient (Wildman–Crippen LogP) is 4.92. The molecule has 3 aromatic rings. The van der Waals surface area contributed by atoms with Crippen LogP contribution in [0.3, 0.4) is 0 Å². The molecule has 0 radical (unpaired) electrons. The number of anilines is 2. The van der Waals surface area contributed by atoms with Gasteiger partial charge >= 0.3 is 12.2 Å². The lowest BCUT2D eigenvalue weighted by molar-refractivity contribution is -0.137. The van der Waals surface area contributed by atoms with Crippen LogP contribution in [0.1, 0.15) is 5.56 Å². The van der Waals surface area contributed by atoms with Gasteiger partial charge in [0.25, 0.3) is 0 Å². The van der Waals surface area contributed by atoms with Crippen LogP contribution in [-0.2, 0) is 6.18 Å². The second kappa shape index (κ2) is 7.26. The Morgan fingerprint density at radius 3 is 2.65 bits per heavy atom. The van der Waals surface area contributed by atoms with Gasteiger partial charge in [0, 0.05) is 17.4 Å². The molecule has 0 aliphatic rings. The van der Waals surface area contributed by atoms with Gasteiger partial charge in [-0.3, -0.25) is 5.32 Å². The maximum absolute atomic E-state index is 12.8. The summed E-state index contributed by atoms with van der Waals surface area (Å²) >= 11 is 6.67. The third-order valence-electron chi connectivity index (χ3n) is 3.07. The summed E-state index contributed by atoms with van der Waals surface area (Å²) < 4.78 is 38.4. The van der Waals surface area contributed by atoms with Gasteiger partial charge in [0.15, 0.2) is 0 Å². The summed E-state index contributed by atoms with van der Waals surface area (Å²) in [5, 5.41) is 13.1. The summed E-state index contributed by atoms with van der Waals surface area (Å²) in [6, 6.07) is 7.11. The van der Waals surface area contributed by atoms with Gasteiger partial charge in [0.05, 0.1) is 5.56 Å². The second-order valence-corrected chi connectivity index (χ2v) is 6.30. The first-order chi connectivity index (χ1) is 12.3. The first-order valence-corrected chi connectivity index (χ1v) is 8.21. The molecule has 2 aromatic heterocycles. The Balaban J connectivity index is 1.71. The number of carbonyl (C=O) groups excluding carboxylic acids is 1. The van der Waals surface area contributed by atoms with Crippen molar-refractivity contribution in [2.75, 3.05) is 10.6 Å². The molecule has 2 N–H and O–H groups in total. The van der Waals surface area contributed by atoms with E-state index in [1.54, 1.807) is 6.07 Å². The number of benzene rings is 1. The molecule has 2 heterocycles. The van der Waals surface area contributed by atoms with E-state index in [4.69, 9.17) is 11.6 Å². The van der Waals surface area contributed by atoms with E-state index < -0.39 is 17.8 Å². The Morgan fingerprint density at radius 1 is 1.12 bits per heavy atom. The first kappa shape index (κ1) is 18.1. The molecule has 1 aromatic carbocycles. The van der Waals surface area contributed by atoms with Crippen molar-refractivity contribution in [2.45, 2.75) is 6.18 Å². The molecule has 0 bridgehead atoms. The van der Waals surface area contributed by atoms with E-state index in [-0.39, 0.29) is 20.9 Å². The molecule has 0 aliphatic heterocycles. The van der Waals surface area contributed by atoms with Gasteiger partial charge in [-0.25, -0.2) is 9.78 Å². The van der Waals surface area contributed by atoms with Crippen LogP contribution in [0.4, 0.5) is 28.8 Å². The largest absolute Gasteiger partial charge is 0.416 e. The van der Waals surface area contributed by atoms with Crippen LogP contribution < -0.4 is 10.6 Å². The Bertz CT molecular complexity index is 947. The summed E-state index contributed by atoms with van der Waals surface area (Å²) in [5.41, 5.74) is -0.108. The van der Waals surface area contributed by atoms with Crippen LogP contribution in [0.5, 0.6) is 0 Å². The minimum absolute atomic E-state index is 0.134. The third-order valence-corrected chi connectivity index (χ3v) is 4.16. The van der Waals surface area contributed by atoms with E-state index in [0.29, 0.717) is 5.69 Å². The molecule has 11 heteroatoms. The van der Waals surface area contributed by atoms with Gasteiger partial charge in [-0.1, -0.05) is 35.1 Å². The van der Waals surface area contributed by atoms with E-state index in [0.717, 1.165) is 23.5 Å². The van der Waals surface area contributed by atoms with E-state index in [1.807, 2.05) is 0 Å². The summed E-state index contributed by atoms with van der Waals surface area (Å²) in [6.07, 6.45) is -3.03. The van der Waals surface area contributed by atoms with Crippen molar-refractivity contribution in [3.63, 3.8) is 0 Å². The summed E-state index contributed by atoms with van der Waals surface area (Å²) in [6.45, 7) is 0. The van der Waals surface area contributed by atoms with E-state index in [9.17, 15) is 18.0 Å². The highest BCUT2D eigenvalue weighted by Crippen LogP contribution is 2.33. The second-order valence-electron chi connectivity index (χ2n) is 4.94. The van der Waals surface area contributed by atoms with Crippen LogP contribution in [0, 0.1) is 0 Å². The van der Waals surface area contributed by atoms with Crippen molar-refractivity contribution < 1.29 is 18.0 Å². The molecule has 6 nitrogen and oxygen atoms in total. The van der Waals surface area contributed by atoms with Crippen LogP contribution in [0.15, 0.2) is 42.6 Å². The molecule has 0 spiro atoms. The number of alkyl halides is 3. The fourth-order valence-electron chi connectivity index (χ4n) is 1.96. The highest BCUT2D eigenvalue weighted by atomic mass is 35.5. The lowest BCUT2D eigenvalue weighted by Gasteiger charge is -2.06. The number of amides is 2. The summed E-state index contributed by atoms with van der Waals surface area (Å²) in [4.78, 5) is 15.7. The average Bonchev–Trinajstić information content (AvgIpc) is 3.02. The molecule has 0 atom stereocenters. The first-order valence-electron chi connectivity index (χ1n) is 7.02. The highest BCUT2D eigenvalue weighted by molar-refractivity contribution is 7.18. The predicted molar refractivity (Wildman–Crippen MR) is 92.2 cm³/mol. The molecule has 0 unspecified atom stereocenters. The quantitative estimate of drug-likeness (QED) is 0.613. The average molecular weight is 400 g/mol. The number of aromatic nitrogens is 3. The third kappa shape index (κ3) is 4.46. The van der Waals surface area contributed by atoms with Gasteiger partial charge in [0.2, 0.25) is 5.13 Å². The lowest BCUT2D eigenvalue weighted by atomic mass is 10.1. The van der Waals surface area contributed by atoms with Gasteiger partial charge < -0.3 is 5.32 Å². The van der Waals surface area contributed by atoms with Crippen molar-refractivity contribution in [3.05, 3.63) is 53.3 Å². The molecule has 0 saturated carbocycles.